The van der Waals surface area contributed by atoms with Crippen LogP contribution in [0.15, 0.2) is 11.9 Å². The van der Waals surface area contributed by atoms with Crippen LogP contribution in [-0.4, -0.2) is 16.5 Å². The highest BCUT2D eigenvalue weighted by Gasteiger charge is 2.32. The summed E-state index contributed by atoms with van der Waals surface area (Å²) >= 11 is 3.24. The fourth-order valence-corrected chi connectivity index (χ4v) is 3.54. The highest BCUT2D eigenvalue weighted by atomic mass is 79.9. The SMILES string of the molecule is CC(C)(C)OP(=O)(C=CCBr)OC(C)(C)C. The maximum Gasteiger partial charge on any atom is 0.354 e. The molecule has 0 spiro atoms. The molecule has 96 valence electrons. The molecule has 0 aromatic carbocycles. The lowest BCUT2D eigenvalue weighted by Crippen LogP contribution is -2.23. The topological polar surface area (TPSA) is 35.5 Å². The van der Waals surface area contributed by atoms with Crippen molar-refractivity contribution in [2.45, 2.75) is 52.7 Å². The van der Waals surface area contributed by atoms with Gasteiger partial charge in [-0.1, -0.05) is 22.0 Å². The average Bonchev–Trinajstić information content (AvgIpc) is 1.93. The zero-order valence-corrected chi connectivity index (χ0v) is 13.4. The molecule has 0 unspecified atom stereocenters. The number of hydrogen-bond acceptors (Lipinski definition) is 3. The van der Waals surface area contributed by atoms with Crippen LogP contribution in [0.3, 0.4) is 0 Å². The van der Waals surface area contributed by atoms with E-state index in [2.05, 4.69) is 15.9 Å². The second kappa shape index (κ2) is 5.81. The van der Waals surface area contributed by atoms with Crippen LogP contribution in [0.25, 0.3) is 0 Å². The van der Waals surface area contributed by atoms with Crippen LogP contribution < -0.4 is 0 Å². The summed E-state index contributed by atoms with van der Waals surface area (Å²) in [6.45, 7) is 11.1. The third-order valence-electron chi connectivity index (χ3n) is 1.18. The predicted octanol–water partition coefficient (Wildman–Crippen LogP) is 4.72. The normalized spacial score (nSPS) is 14.7. The van der Waals surface area contributed by atoms with Gasteiger partial charge in [0.1, 0.15) is 0 Å². The summed E-state index contributed by atoms with van der Waals surface area (Å²) in [4.78, 5) is 0. The predicted molar refractivity (Wildman–Crippen MR) is 72.2 cm³/mol. The van der Waals surface area contributed by atoms with Crippen molar-refractivity contribution in [1.29, 1.82) is 0 Å². The maximum absolute atomic E-state index is 12.5. The van der Waals surface area contributed by atoms with Crippen LogP contribution in [0.4, 0.5) is 0 Å². The van der Waals surface area contributed by atoms with E-state index >= 15 is 0 Å². The summed E-state index contributed by atoms with van der Waals surface area (Å²) in [6.07, 6.45) is 1.73. The average molecular weight is 313 g/mol. The van der Waals surface area contributed by atoms with E-state index in [4.69, 9.17) is 9.05 Å². The molecule has 0 fully saturated rings. The Bertz CT molecular complexity index is 267. The Morgan fingerprint density at radius 3 is 1.69 bits per heavy atom. The largest absolute Gasteiger partial charge is 0.354 e. The number of hydrogen-bond donors (Lipinski definition) is 0. The Balaban J connectivity index is 4.91. The molecule has 0 aliphatic heterocycles. The van der Waals surface area contributed by atoms with Gasteiger partial charge in [-0.05, 0) is 41.5 Å². The molecule has 0 N–H and O–H groups in total. The van der Waals surface area contributed by atoms with Gasteiger partial charge in [0, 0.05) is 11.1 Å². The number of allylic oxidation sites excluding steroid dienone is 1. The molecule has 5 heteroatoms. The van der Waals surface area contributed by atoms with E-state index in [1.54, 1.807) is 6.08 Å². The molecule has 16 heavy (non-hydrogen) atoms. The van der Waals surface area contributed by atoms with E-state index in [9.17, 15) is 4.57 Å². The van der Waals surface area contributed by atoms with Gasteiger partial charge in [-0.25, -0.2) is 0 Å². The van der Waals surface area contributed by atoms with Crippen molar-refractivity contribution in [3.05, 3.63) is 11.9 Å². The molecule has 0 amide bonds. The lowest BCUT2D eigenvalue weighted by molar-refractivity contribution is 0.0542. The number of rotatable bonds is 4. The molecule has 0 saturated heterocycles. The molecule has 0 atom stereocenters. The molecule has 0 aliphatic carbocycles. The Morgan fingerprint density at radius 2 is 1.44 bits per heavy atom. The molecule has 0 aliphatic rings. The van der Waals surface area contributed by atoms with E-state index < -0.39 is 18.8 Å². The molecule has 0 bridgehead atoms. The molecule has 3 nitrogen and oxygen atoms in total. The summed E-state index contributed by atoms with van der Waals surface area (Å²) in [5, 5.41) is 0.623. The molecular formula is C11H22BrO3P. The highest BCUT2D eigenvalue weighted by molar-refractivity contribution is 9.09. The van der Waals surface area contributed by atoms with E-state index in [0.717, 1.165) is 0 Å². The van der Waals surface area contributed by atoms with E-state index in [1.165, 1.54) is 5.82 Å². The van der Waals surface area contributed by atoms with Gasteiger partial charge in [-0.2, -0.15) is 0 Å². The molecular weight excluding hydrogens is 291 g/mol. The third kappa shape index (κ3) is 8.51. The van der Waals surface area contributed by atoms with E-state index in [-0.39, 0.29) is 0 Å². The van der Waals surface area contributed by atoms with Crippen molar-refractivity contribution in [3.8, 4) is 0 Å². The van der Waals surface area contributed by atoms with Crippen molar-refractivity contribution < 1.29 is 13.6 Å². The quantitative estimate of drug-likeness (QED) is 0.556. The summed E-state index contributed by atoms with van der Waals surface area (Å²) in [5.74, 6) is 1.51. The first-order chi connectivity index (χ1) is 6.97. The van der Waals surface area contributed by atoms with Gasteiger partial charge in [-0.3, -0.25) is 13.6 Å². The fourth-order valence-electron chi connectivity index (χ4n) is 1.01. The lowest BCUT2D eigenvalue weighted by atomic mass is 10.2. The Labute approximate surface area is 107 Å². The first-order valence-electron chi connectivity index (χ1n) is 5.22. The molecule has 0 rings (SSSR count). The van der Waals surface area contributed by atoms with Gasteiger partial charge in [0.2, 0.25) is 0 Å². The van der Waals surface area contributed by atoms with Crippen molar-refractivity contribution in [2.75, 3.05) is 5.33 Å². The standard InChI is InChI=1S/C11H22BrO3P/c1-10(2,3)14-16(13,9-7-8-12)15-11(4,5)6/h7,9H,8H2,1-6H3. The monoisotopic (exact) mass is 312 g/mol. The van der Waals surface area contributed by atoms with Crippen molar-refractivity contribution in [3.63, 3.8) is 0 Å². The zero-order valence-electron chi connectivity index (χ0n) is 10.9. The molecule has 0 saturated carbocycles. The summed E-state index contributed by atoms with van der Waals surface area (Å²) in [7, 11) is -3.19. The molecule has 0 aromatic rings. The Morgan fingerprint density at radius 1 is 1.06 bits per heavy atom. The maximum atomic E-state index is 12.5. The lowest BCUT2D eigenvalue weighted by Gasteiger charge is -2.30. The fraction of sp³-hybridized carbons (Fsp3) is 0.818. The van der Waals surface area contributed by atoms with Gasteiger partial charge in [0.05, 0.1) is 11.2 Å². The second-order valence-electron chi connectivity index (χ2n) is 5.49. The minimum atomic E-state index is -3.19. The van der Waals surface area contributed by atoms with Crippen LogP contribution in [0, 0.1) is 0 Å². The number of halogens is 1. The van der Waals surface area contributed by atoms with Gasteiger partial charge < -0.3 is 0 Å². The third-order valence-corrected chi connectivity index (χ3v) is 3.73. The van der Waals surface area contributed by atoms with Gasteiger partial charge >= 0.3 is 7.60 Å². The summed E-state index contributed by atoms with van der Waals surface area (Å²) in [5.41, 5.74) is -1.01. The van der Waals surface area contributed by atoms with Crippen LogP contribution in [-0.2, 0) is 13.6 Å². The Hall–Kier alpha value is 0.370. The van der Waals surface area contributed by atoms with Crippen molar-refractivity contribution in [1.82, 2.24) is 0 Å². The summed E-state index contributed by atoms with van der Waals surface area (Å²) < 4.78 is 23.5. The first kappa shape index (κ1) is 16.4. The van der Waals surface area contributed by atoms with Gasteiger partial charge in [-0.15, -0.1) is 0 Å². The van der Waals surface area contributed by atoms with Crippen LogP contribution in [0.2, 0.25) is 0 Å². The van der Waals surface area contributed by atoms with Crippen molar-refractivity contribution in [2.24, 2.45) is 0 Å². The van der Waals surface area contributed by atoms with E-state index in [1.807, 2.05) is 41.5 Å². The van der Waals surface area contributed by atoms with Gasteiger partial charge in [0.15, 0.2) is 0 Å². The number of alkyl halides is 1. The van der Waals surface area contributed by atoms with E-state index in [0.29, 0.717) is 5.33 Å². The molecule has 0 aromatic heterocycles. The van der Waals surface area contributed by atoms with Crippen LogP contribution >= 0.6 is 23.5 Å². The molecule has 0 radical (unpaired) electrons. The zero-order chi connectivity index (χ0) is 13.0. The first-order valence-corrected chi connectivity index (χ1v) is 7.96. The van der Waals surface area contributed by atoms with Crippen LogP contribution in [0.1, 0.15) is 41.5 Å². The highest BCUT2D eigenvalue weighted by Crippen LogP contribution is 2.55. The molecule has 0 heterocycles. The second-order valence-corrected chi connectivity index (χ2v) is 7.88. The smallest absolute Gasteiger partial charge is 0.300 e. The minimum Gasteiger partial charge on any atom is -0.300 e. The minimum absolute atomic E-state index is 0.503. The Kier molecular flexibility index (Phi) is 5.95. The summed E-state index contributed by atoms with van der Waals surface area (Å²) in [6, 6.07) is 0. The van der Waals surface area contributed by atoms with Crippen LogP contribution in [0.5, 0.6) is 0 Å². The van der Waals surface area contributed by atoms with Gasteiger partial charge in [0.25, 0.3) is 0 Å². The van der Waals surface area contributed by atoms with Crippen molar-refractivity contribution >= 4 is 23.5 Å².